The van der Waals surface area contributed by atoms with Crippen LogP contribution >= 0.6 is 0 Å². The van der Waals surface area contributed by atoms with Gasteiger partial charge in [-0.15, -0.1) is 5.75 Å². The van der Waals surface area contributed by atoms with Crippen molar-refractivity contribution in [3.63, 3.8) is 0 Å². The Balaban J connectivity index is -0.000000333. The third-order valence-corrected chi connectivity index (χ3v) is 1.05. The Morgan fingerprint density at radius 3 is 1.77 bits per heavy atom. The van der Waals surface area contributed by atoms with Gasteiger partial charge in [-0.2, -0.15) is 0 Å². The Labute approximate surface area is 117 Å². The first-order chi connectivity index (χ1) is 4.70. The van der Waals surface area contributed by atoms with Crippen molar-refractivity contribution in [2.45, 2.75) is 0 Å². The zero-order valence-electron chi connectivity index (χ0n) is 6.98. The molecule has 0 bridgehead atoms. The molecule has 0 aliphatic heterocycles. The maximum atomic E-state index is 10.4. The molecular formula is C6H8KNO5. The second-order valence-electron chi connectivity index (χ2n) is 1.75. The fraction of sp³-hybridized carbons (Fsp3) is 0. The molecule has 1 aromatic carbocycles. The summed E-state index contributed by atoms with van der Waals surface area (Å²) in [6.45, 7) is 0. The fourth-order valence-corrected chi connectivity index (χ4v) is 0.568. The SMILES string of the molecule is O.O.O=[N+]([O-])c1ccc([O-])cc1.[K+]. The van der Waals surface area contributed by atoms with Gasteiger partial charge in [-0.25, -0.2) is 0 Å². The monoisotopic (exact) mass is 213 g/mol. The second kappa shape index (κ2) is 8.57. The number of hydrogen-bond donors (Lipinski definition) is 0. The Kier molecular flexibility index (Phi) is 12.3. The summed E-state index contributed by atoms with van der Waals surface area (Å²) in [5, 5.41) is 20.4. The minimum atomic E-state index is -0.542. The number of nitro benzene ring substituents is 1. The molecule has 0 spiro atoms. The van der Waals surface area contributed by atoms with E-state index in [9.17, 15) is 15.2 Å². The predicted octanol–water partition coefficient (Wildman–Crippen LogP) is -3.98. The van der Waals surface area contributed by atoms with Crippen LogP contribution in [-0.2, 0) is 0 Å². The van der Waals surface area contributed by atoms with Crippen LogP contribution < -0.4 is 56.5 Å². The van der Waals surface area contributed by atoms with Gasteiger partial charge in [0.2, 0.25) is 0 Å². The molecule has 0 aliphatic carbocycles. The normalized spacial score (nSPS) is 7.08. The molecule has 6 nitrogen and oxygen atoms in total. The van der Waals surface area contributed by atoms with Crippen LogP contribution in [0.2, 0.25) is 0 Å². The molecule has 0 unspecified atom stereocenters. The van der Waals surface area contributed by atoms with Crippen molar-refractivity contribution in [3.05, 3.63) is 34.4 Å². The molecule has 0 radical (unpaired) electrons. The van der Waals surface area contributed by atoms with E-state index in [1.807, 2.05) is 0 Å². The molecule has 13 heavy (non-hydrogen) atoms. The van der Waals surface area contributed by atoms with Crippen molar-refractivity contribution in [3.8, 4) is 5.75 Å². The van der Waals surface area contributed by atoms with E-state index in [1.165, 1.54) is 12.1 Å². The Hall–Kier alpha value is -0.0236. The van der Waals surface area contributed by atoms with Gasteiger partial charge in [0.25, 0.3) is 5.69 Å². The molecule has 68 valence electrons. The third kappa shape index (κ3) is 6.10. The number of nitro groups is 1. The summed E-state index contributed by atoms with van der Waals surface area (Å²) in [7, 11) is 0. The first kappa shape index (κ1) is 18.7. The van der Waals surface area contributed by atoms with Gasteiger partial charge in [-0.05, 0) is 0 Å². The second-order valence-corrected chi connectivity index (χ2v) is 1.75. The quantitative estimate of drug-likeness (QED) is 0.268. The number of hydrogen-bond acceptors (Lipinski definition) is 3. The molecule has 0 saturated carbocycles. The van der Waals surface area contributed by atoms with Crippen molar-refractivity contribution in [2.75, 3.05) is 0 Å². The van der Waals surface area contributed by atoms with E-state index in [-0.39, 0.29) is 73.8 Å². The standard InChI is InChI=1S/C6H5NO3.K.2H2O/c8-6-3-1-5(2-4-6)7(9)10;;;/h1-4,8H;;2*1H2/q;+1;;/p-1. The molecule has 0 atom stereocenters. The first-order valence-electron chi connectivity index (χ1n) is 2.61. The van der Waals surface area contributed by atoms with E-state index in [2.05, 4.69) is 0 Å². The van der Waals surface area contributed by atoms with E-state index in [4.69, 9.17) is 0 Å². The van der Waals surface area contributed by atoms with Gasteiger partial charge in [-0.1, -0.05) is 12.1 Å². The Morgan fingerprint density at radius 1 is 1.08 bits per heavy atom. The number of rotatable bonds is 1. The molecule has 1 aromatic rings. The molecule has 0 saturated heterocycles. The number of nitrogens with zero attached hydrogens (tertiary/aromatic N) is 1. The molecule has 0 heterocycles. The average molecular weight is 213 g/mol. The minimum Gasteiger partial charge on any atom is -0.872 e. The summed E-state index contributed by atoms with van der Waals surface area (Å²) in [5.74, 6) is -0.217. The summed E-state index contributed by atoms with van der Waals surface area (Å²) in [6, 6.07) is 4.70. The molecule has 4 N–H and O–H groups in total. The topological polar surface area (TPSA) is 129 Å². The minimum absolute atomic E-state index is 0. The Bertz CT molecular complexity index is 250. The summed E-state index contributed by atoms with van der Waals surface area (Å²) in [5.41, 5.74) is -0.0559. The average Bonchev–Trinajstić information content (AvgIpc) is 1.88. The maximum Gasteiger partial charge on any atom is 1.00 e. The van der Waals surface area contributed by atoms with Crippen LogP contribution in [0, 0.1) is 10.1 Å². The molecule has 0 aliphatic rings. The van der Waals surface area contributed by atoms with Crippen molar-refractivity contribution < 1.29 is 72.4 Å². The maximum absolute atomic E-state index is 10.4. The molecular weight excluding hydrogens is 205 g/mol. The molecule has 1 rings (SSSR count). The van der Waals surface area contributed by atoms with Gasteiger partial charge in [0.1, 0.15) is 0 Å². The van der Waals surface area contributed by atoms with Crippen molar-refractivity contribution in [1.82, 2.24) is 0 Å². The fourth-order valence-electron chi connectivity index (χ4n) is 0.568. The largest absolute Gasteiger partial charge is 1.00 e. The smallest absolute Gasteiger partial charge is 0.872 e. The predicted molar refractivity (Wildman–Crippen MR) is 39.8 cm³/mol. The summed E-state index contributed by atoms with van der Waals surface area (Å²) < 4.78 is 0. The van der Waals surface area contributed by atoms with E-state index in [1.54, 1.807) is 0 Å². The van der Waals surface area contributed by atoms with Crippen LogP contribution in [0.15, 0.2) is 24.3 Å². The molecule has 0 aromatic heterocycles. The summed E-state index contributed by atoms with van der Waals surface area (Å²) in [6.07, 6.45) is 0. The molecule has 0 amide bonds. The van der Waals surface area contributed by atoms with Crippen molar-refractivity contribution in [2.24, 2.45) is 0 Å². The van der Waals surface area contributed by atoms with Crippen LogP contribution in [0.25, 0.3) is 0 Å². The van der Waals surface area contributed by atoms with E-state index in [0.717, 1.165) is 12.1 Å². The van der Waals surface area contributed by atoms with E-state index in [0.29, 0.717) is 0 Å². The van der Waals surface area contributed by atoms with Gasteiger partial charge in [0.05, 0.1) is 4.92 Å². The Morgan fingerprint density at radius 2 is 1.46 bits per heavy atom. The van der Waals surface area contributed by atoms with Crippen LogP contribution in [-0.4, -0.2) is 15.9 Å². The zero-order chi connectivity index (χ0) is 7.56. The zero-order valence-corrected chi connectivity index (χ0v) is 10.1. The van der Waals surface area contributed by atoms with Crippen molar-refractivity contribution in [1.29, 1.82) is 0 Å². The first-order valence-corrected chi connectivity index (χ1v) is 2.61. The van der Waals surface area contributed by atoms with Crippen LogP contribution in [0.3, 0.4) is 0 Å². The number of benzene rings is 1. The van der Waals surface area contributed by atoms with E-state index < -0.39 is 4.92 Å². The summed E-state index contributed by atoms with van der Waals surface area (Å²) >= 11 is 0. The van der Waals surface area contributed by atoms with Gasteiger partial charge in [0.15, 0.2) is 0 Å². The van der Waals surface area contributed by atoms with Gasteiger partial charge < -0.3 is 16.1 Å². The van der Waals surface area contributed by atoms with Gasteiger partial charge >= 0.3 is 51.4 Å². The van der Waals surface area contributed by atoms with Crippen LogP contribution in [0.1, 0.15) is 0 Å². The molecule has 0 fully saturated rings. The van der Waals surface area contributed by atoms with Crippen molar-refractivity contribution >= 4 is 5.69 Å². The third-order valence-electron chi connectivity index (χ3n) is 1.05. The van der Waals surface area contributed by atoms with Gasteiger partial charge in [-0.3, -0.25) is 10.1 Å². The molecule has 7 heteroatoms. The van der Waals surface area contributed by atoms with Crippen LogP contribution in [0.5, 0.6) is 5.75 Å². The van der Waals surface area contributed by atoms with Gasteiger partial charge in [0, 0.05) is 12.1 Å². The number of non-ortho nitro benzene ring substituents is 1. The van der Waals surface area contributed by atoms with E-state index >= 15 is 0 Å². The van der Waals surface area contributed by atoms with Crippen LogP contribution in [0.4, 0.5) is 5.69 Å². The summed E-state index contributed by atoms with van der Waals surface area (Å²) in [4.78, 5) is 9.47.